The van der Waals surface area contributed by atoms with Crippen LogP contribution in [0.5, 0.6) is 155 Å². The molecule has 636 valence electrons. The highest BCUT2D eigenvalue weighted by atomic mass is 16.8. The topological polar surface area (TPSA) is 812 Å². The number of fused-ring (bicyclic) bond motifs is 7. The molecule has 9 aromatic carbocycles. The van der Waals surface area contributed by atoms with Crippen LogP contribution < -0.4 is 0 Å². The Bertz CT molecular complexity index is 5990. The molecular weight excluding hydrogens is 1650 g/mol. The van der Waals surface area contributed by atoms with Crippen LogP contribution in [0.15, 0.2) is 72.8 Å². The van der Waals surface area contributed by atoms with Crippen molar-refractivity contribution in [2.75, 3.05) is 13.2 Å². The van der Waals surface area contributed by atoms with Gasteiger partial charge in [-0.05, 0) is 72.8 Å². The van der Waals surface area contributed by atoms with Crippen molar-refractivity contribution < 1.29 is 234 Å². The van der Waals surface area contributed by atoms with E-state index >= 15 is 19.2 Å². The fourth-order valence-corrected chi connectivity index (χ4v) is 13.6. The number of benzene rings is 9. The van der Waals surface area contributed by atoms with Gasteiger partial charge in [0.1, 0.15) is 25.4 Å². The molecule has 1 saturated heterocycles. The zero-order chi connectivity index (χ0) is 89.2. The smallest absolute Gasteiger partial charge is 0.340 e. The molecule has 4 aliphatic heterocycles. The van der Waals surface area contributed by atoms with Gasteiger partial charge in [-0.3, -0.25) is 0 Å². The Hall–Kier alpha value is -17.3. The Balaban J connectivity index is 1.07. The number of rotatable bonds is 13. The molecular formula is C75H54O47. The number of phenols is 27. The second kappa shape index (κ2) is 30.4. The normalized spacial score (nSPS) is 19.7. The molecule has 0 spiro atoms. The molecule has 28 N–H and O–H groups in total. The average Bonchev–Trinajstić information content (AvgIpc) is 0.730. The number of carbonyl (C=O) groups is 9. The highest BCUT2D eigenvalue weighted by Gasteiger charge is 2.59. The molecule has 47 nitrogen and oxygen atoms in total. The van der Waals surface area contributed by atoms with Gasteiger partial charge in [-0.15, -0.1) is 0 Å². The third-order valence-corrected chi connectivity index (χ3v) is 19.3. The first-order valence-corrected chi connectivity index (χ1v) is 33.9. The third kappa shape index (κ3) is 13.9. The summed E-state index contributed by atoms with van der Waals surface area (Å²) in [7, 11) is 0. The second-order valence-electron chi connectivity index (χ2n) is 26.7. The summed E-state index contributed by atoms with van der Waals surface area (Å²) in [6.07, 6.45) is -27.9. The molecule has 13 rings (SSSR count). The summed E-state index contributed by atoms with van der Waals surface area (Å²) in [5, 5.41) is 311. The van der Waals surface area contributed by atoms with Gasteiger partial charge in [0.15, 0.2) is 157 Å². The van der Waals surface area contributed by atoms with E-state index in [4.69, 9.17) is 47.4 Å². The van der Waals surface area contributed by atoms with Crippen molar-refractivity contribution in [3.05, 3.63) is 134 Å². The van der Waals surface area contributed by atoms with Crippen LogP contribution in [-0.4, -0.2) is 265 Å². The molecule has 2 bridgehead atoms. The van der Waals surface area contributed by atoms with E-state index < -0.39 is 367 Å². The summed E-state index contributed by atoms with van der Waals surface area (Å²) < 4.78 is 57.3. The van der Waals surface area contributed by atoms with Crippen molar-refractivity contribution >= 4 is 53.7 Å². The molecule has 47 heteroatoms. The Morgan fingerprint density at radius 3 is 1.08 bits per heavy atom. The van der Waals surface area contributed by atoms with Gasteiger partial charge in [0.25, 0.3) is 0 Å². The largest absolute Gasteiger partial charge is 0.504 e. The highest BCUT2D eigenvalue weighted by molar-refractivity contribution is 6.12. The molecule has 122 heavy (non-hydrogen) atoms. The van der Waals surface area contributed by atoms with E-state index in [2.05, 4.69) is 0 Å². The molecule has 1 unspecified atom stereocenters. The maximum absolute atomic E-state index is 16.3. The Labute approximate surface area is 670 Å². The summed E-state index contributed by atoms with van der Waals surface area (Å²) in [5.41, 5.74) is -20.6. The van der Waals surface area contributed by atoms with E-state index in [0.717, 1.165) is 0 Å². The van der Waals surface area contributed by atoms with Crippen molar-refractivity contribution in [3.8, 4) is 177 Å². The number of hydrogen-bond acceptors (Lipinski definition) is 47. The van der Waals surface area contributed by atoms with Crippen LogP contribution in [-0.2, 0) is 47.4 Å². The van der Waals surface area contributed by atoms with E-state index in [0.29, 0.717) is 54.6 Å². The quantitative estimate of drug-likeness (QED) is 0.0448. The summed E-state index contributed by atoms with van der Waals surface area (Å²) in [4.78, 5) is 135. The lowest BCUT2D eigenvalue weighted by Crippen LogP contribution is -2.63. The molecule has 0 aromatic heterocycles. The molecule has 1 fully saturated rings. The Morgan fingerprint density at radius 1 is 0.303 bits per heavy atom. The number of hydrogen-bond donors (Lipinski definition) is 28. The predicted octanol–water partition coefficient (Wildman–Crippen LogP) is 2.45. The first kappa shape index (κ1) is 82.7. The molecule has 0 amide bonds. The Kier molecular flexibility index (Phi) is 20.6. The maximum Gasteiger partial charge on any atom is 0.340 e. The highest BCUT2D eigenvalue weighted by Crippen LogP contribution is 2.62. The first-order valence-electron chi connectivity index (χ1n) is 33.9. The summed E-state index contributed by atoms with van der Waals surface area (Å²) in [6, 6.07) is 3.71. The van der Waals surface area contributed by atoms with E-state index in [1.165, 1.54) is 0 Å². The lowest BCUT2D eigenvalue weighted by atomic mass is 9.73. The molecule has 4 aliphatic rings. The van der Waals surface area contributed by atoms with Crippen LogP contribution in [0.2, 0.25) is 0 Å². The number of ether oxygens (including phenoxy) is 10. The minimum atomic E-state index is -3.32. The van der Waals surface area contributed by atoms with Crippen molar-refractivity contribution in [2.45, 2.75) is 61.0 Å². The summed E-state index contributed by atoms with van der Waals surface area (Å²) in [6.45, 7) is -3.37. The first-order chi connectivity index (χ1) is 57.3. The number of aliphatic hydroxyl groups is 1. The molecule has 4 heterocycles. The zero-order valence-corrected chi connectivity index (χ0v) is 59.9. The number of aromatic hydroxyl groups is 27. The van der Waals surface area contributed by atoms with E-state index in [-0.39, 0.29) is 18.2 Å². The summed E-state index contributed by atoms with van der Waals surface area (Å²) in [5.74, 6) is -63.4. The van der Waals surface area contributed by atoms with E-state index in [1.54, 1.807) is 0 Å². The Morgan fingerprint density at radius 2 is 0.639 bits per heavy atom. The van der Waals surface area contributed by atoms with Gasteiger partial charge in [0.05, 0.1) is 56.0 Å². The van der Waals surface area contributed by atoms with Crippen molar-refractivity contribution in [1.82, 2.24) is 0 Å². The SMILES string of the molecule is O=C(OC[C@H]1O[C@@H](OC(=O)c2cc(O)c(O)c(O)c2)[C@H](OC(=O)c2cc(O)c(O)c(O)c2[C@@H]2c3c(O)c(O)c(O)c4c3C(=O)O[C@@H]2[C@@H]([C@@H]2OC(=O)c3cc(O)c(O)c(O)c3-c3c(cc(O)c(O)c3O)C(=O)OCC2O)OC(=O)c2cc(O)c(O)c(O)c2-4)[C@@H](OC(=O)c2cc(O)c(O)c(O)c2)[C@@H]1OC(=O)c1cc(O)c(O)c(O)c1)c1cc(O)c(O)c(O)c1. The standard InChI is InChI=1S/C75H54O47/c76-23-1-15(2-24(77)45(23)89)66(104)114-14-36-61(117-67(105)16-3-25(78)46(90)26(79)4-16)64(119-68(106)17-5-27(80)47(91)28(81)6-17)65(75(115-36)122-69(107)18-7-29(82)48(92)30(83)8-18)121-73(111)22-12-34(87)52(96)56(100)40(22)43-42-44-41(57(101)59(103)58(42)102)39-21(11-33(86)51(95)55(39)99)72(110)120-63(62(43)118-74(44)112)60-35(88)13-113-70(108)19-9-31(84)49(93)53(97)37(19)38-20(71(109)116-60)10-32(85)50(94)54(38)98/h1-12,35-36,43,60-65,75-103H,13-14H2/t35?,36-,43-,60-,61-,62+,63-,64+,65-,75+/m1/s1. The number of esters is 9. The van der Waals surface area contributed by atoms with Crippen LogP contribution in [0, 0.1) is 0 Å². The monoisotopic (exact) mass is 1710 g/mol. The van der Waals surface area contributed by atoms with Crippen LogP contribution in [0.25, 0.3) is 22.3 Å². The van der Waals surface area contributed by atoms with Gasteiger partial charge >= 0.3 is 53.7 Å². The van der Waals surface area contributed by atoms with Crippen LogP contribution in [0.3, 0.4) is 0 Å². The average molecular weight is 1710 g/mol. The van der Waals surface area contributed by atoms with Crippen molar-refractivity contribution in [3.63, 3.8) is 0 Å². The number of aliphatic hydroxyl groups excluding tert-OH is 1. The predicted molar refractivity (Wildman–Crippen MR) is 379 cm³/mol. The van der Waals surface area contributed by atoms with Crippen LogP contribution in [0.1, 0.15) is 110 Å². The minimum absolute atomic E-state index is 0.000366. The van der Waals surface area contributed by atoms with E-state index in [9.17, 15) is 167 Å². The van der Waals surface area contributed by atoms with Crippen molar-refractivity contribution in [2.24, 2.45) is 0 Å². The van der Waals surface area contributed by atoms with Gasteiger partial charge in [0.2, 0.25) is 41.1 Å². The molecule has 0 aliphatic carbocycles. The van der Waals surface area contributed by atoms with Crippen LogP contribution in [0.4, 0.5) is 0 Å². The fourth-order valence-electron chi connectivity index (χ4n) is 13.6. The van der Waals surface area contributed by atoms with Gasteiger partial charge in [-0.1, -0.05) is 0 Å². The van der Waals surface area contributed by atoms with Crippen molar-refractivity contribution in [1.29, 1.82) is 0 Å². The summed E-state index contributed by atoms with van der Waals surface area (Å²) >= 11 is 0. The maximum atomic E-state index is 16.3. The minimum Gasteiger partial charge on any atom is -0.504 e. The zero-order valence-electron chi connectivity index (χ0n) is 59.9. The molecule has 0 radical (unpaired) electrons. The lowest BCUT2D eigenvalue weighted by molar-refractivity contribution is -0.282. The molecule has 0 saturated carbocycles. The van der Waals surface area contributed by atoms with Gasteiger partial charge < -0.3 is 190 Å². The van der Waals surface area contributed by atoms with Gasteiger partial charge in [-0.2, -0.15) is 0 Å². The van der Waals surface area contributed by atoms with Gasteiger partial charge in [0, 0.05) is 33.4 Å². The third-order valence-electron chi connectivity index (χ3n) is 19.3. The second-order valence-corrected chi connectivity index (χ2v) is 26.7. The lowest BCUT2D eigenvalue weighted by Gasteiger charge is -2.44. The fraction of sp³-hybridized carbons (Fsp3) is 0.160. The number of phenolic OH excluding ortho intramolecular Hbond substituents is 27. The number of carbonyl (C=O) groups excluding carboxylic acids is 9. The van der Waals surface area contributed by atoms with Crippen LogP contribution >= 0.6 is 0 Å². The van der Waals surface area contributed by atoms with Gasteiger partial charge in [-0.25, -0.2) is 43.2 Å². The number of cyclic esters (lactones) is 3. The van der Waals surface area contributed by atoms with E-state index in [1.807, 2.05) is 0 Å². The molecule has 10 atom stereocenters. The molecule has 9 aromatic rings.